The van der Waals surface area contributed by atoms with Gasteiger partial charge < -0.3 is 10.1 Å². The van der Waals surface area contributed by atoms with Crippen LogP contribution in [0.3, 0.4) is 0 Å². The van der Waals surface area contributed by atoms with Gasteiger partial charge in [0.15, 0.2) is 0 Å². The molecule has 4 heteroatoms. The van der Waals surface area contributed by atoms with Gasteiger partial charge in [-0.3, -0.25) is 9.69 Å². The summed E-state index contributed by atoms with van der Waals surface area (Å²) < 4.78 is 5.35. The van der Waals surface area contributed by atoms with Crippen LogP contribution in [0.4, 0.5) is 0 Å². The van der Waals surface area contributed by atoms with Crippen LogP contribution in [-0.4, -0.2) is 31.0 Å². The number of methoxy groups -OCH3 is 1. The van der Waals surface area contributed by atoms with E-state index in [1.165, 1.54) is 31.5 Å². The number of hydrogen-bond acceptors (Lipinski definition) is 3. The summed E-state index contributed by atoms with van der Waals surface area (Å²) in [6, 6.07) is 14.0. The summed E-state index contributed by atoms with van der Waals surface area (Å²) in [5.41, 5.74) is 4.04. The summed E-state index contributed by atoms with van der Waals surface area (Å²) in [4.78, 5) is 15.0. The summed E-state index contributed by atoms with van der Waals surface area (Å²) in [5.74, 6) is 0.703. The van der Waals surface area contributed by atoms with Crippen molar-refractivity contribution in [3.05, 3.63) is 77.4 Å². The predicted octanol–water partition coefficient (Wildman–Crippen LogP) is 3.95. The first-order valence-electron chi connectivity index (χ1n) is 9.56. The van der Waals surface area contributed by atoms with Crippen LogP contribution in [-0.2, 0) is 19.5 Å². The van der Waals surface area contributed by atoms with Crippen molar-refractivity contribution in [3.8, 4) is 5.75 Å². The van der Waals surface area contributed by atoms with Crippen LogP contribution in [0.25, 0.3) is 0 Å². The second-order valence-electron chi connectivity index (χ2n) is 7.01. The first kappa shape index (κ1) is 19.2. The summed E-state index contributed by atoms with van der Waals surface area (Å²) in [6.07, 6.45) is 5.07. The van der Waals surface area contributed by atoms with E-state index in [-0.39, 0.29) is 5.91 Å². The third-order valence-corrected chi connectivity index (χ3v) is 4.96. The van der Waals surface area contributed by atoms with Gasteiger partial charge in [-0.2, -0.15) is 0 Å². The molecule has 4 nitrogen and oxygen atoms in total. The highest BCUT2D eigenvalue weighted by atomic mass is 16.5. The molecule has 1 fully saturated rings. The number of nitrogens with zero attached hydrogens (tertiary/aromatic N) is 1. The Morgan fingerprint density at radius 1 is 1.19 bits per heavy atom. The number of rotatable bonds is 8. The van der Waals surface area contributed by atoms with Gasteiger partial charge in [0.05, 0.1) is 7.11 Å². The van der Waals surface area contributed by atoms with E-state index in [0.29, 0.717) is 18.5 Å². The van der Waals surface area contributed by atoms with Crippen molar-refractivity contribution in [3.63, 3.8) is 0 Å². The van der Waals surface area contributed by atoms with Gasteiger partial charge >= 0.3 is 0 Å². The van der Waals surface area contributed by atoms with Crippen molar-refractivity contribution in [1.29, 1.82) is 0 Å². The molecule has 1 aliphatic rings. The van der Waals surface area contributed by atoms with Gasteiger partial charge in [-0.05, 0) is 67.2 Å². The van der Waals surface area contributed by atoms with Crippen LogP contribution in [0.1, 0.15) is 39.9 Å². The monoisotopic (exact) mass is 364 g/mol. The molecule has 1 saturated heterocycles. The minimum absolute atomic E-state index is 0.0760. The van der Waals surface area contributed by atoms with Crippen LogP contribution in [0.15, 0.2) is 55.1 Å². The summed E-state index contributed by atoms with van der Waals surface area (Å²) >= 11 is 0. The molecule has 1 heterocycles. The predicted molar refractivity (Wildman–Crippen MR) is 109 cm³/mol. The van der Waals surface area contributed by atoms with Gasteiger partial charge in [0.2, 0.25) is 0 Å². The minimum Gasteiger partial charge on any atom is -0.496 e. The molecule has 0 bridgehead atoms. The zero-order valence-electron chi connectivity index (χ0n) is 16.0. The lowest BCUT2D eigenvalue weighted by molar-refractivity contribution is 0.0950. The van der Waals surface area contributed by atoms with Crippen LogP contribution in [0.5, 0.6) is 5.75 Å². The van der Waals surface area contributed by atoms with Gasteiger partial charge in [0, 0.05) is 18.7 Å². The Kier molecular flexibility index (Phi) is 6.66. The van der Waals surface area contributed by atoms with E-state index in [1.807, 2.05) is 18.2 Å². The summed E-state index contributed by atoms with van der Waals surface area (Å²) in [7, 11) is 1.64. The fourth-order valence-electron chi connectivity index (χ4n) is 3.56. The average molecular weight is 364 g/mol. The topological polar surface area (TPSA) is 41.6 Å². The lowest BCUT2D eigenvalue weighted by atomic mass is 10.1. The number of nitrogens with one attached hydrogen (secondary N) is 1. The van der Waals surface area contributed by atoms with Gasteiger partial charge in [0.25, 0.3) is 5.91 Å². The molecule has 0 radical (unpaired) electrons. The number of amides is 1. The van der Waals surface area contributed by atoms with E-state index in [2.05, 4.69) is 41.1 Å². The second-order valence-corrected chi connectivity index (χ2v) is 7.01. The minimum atomic E-state index is -0.0760. The molecule has 0 saturated carbocycles. The van der Waals surface area contributed by atoms with Gasteiger partial charge in [0.1, 0.15) is 5.75 Å². The second kappa shape index (κ2) is 9.38. The summed E-state index contributed by atoms with van der Waals surface area (Å²) in [6.45, 7) is 7.65. The molecule has 1 amide bonds. The van der Waals surface area contributed by atoms with Gasteiger partial charge in [-0.25, -0.2) is 0 Å². The van der Waals surface area contributed by atoms with E-state index in [9.17, 15) is 4.79 Å². The molecule has 1 N–H and O–H groups in total. The van der Waals surface area contributed by atoms with E-state index in [4.69, 9.17) is 4.74 Å². The van der Waals surface area contributed by atoms with Crippen molar-refractivity contribution in [1.82, 2.24) is 10.2 Å². The molecule has 0 unspecified atom stereocenters. The molecular formula is C23H28N2O2. The molecule has 0 spiro atoms. The van der Waals surface area contributed by atoms with Crippen molar-refractivity contribution in [2.75, 3.05) is 20.2 Å². The third-order valence-electron chi connectivity index (χ3n) is 4.96. The Hall–Kier alpha value is -2.59. The third kappa shape index (κ3) is 5.20. The molecule has 2 aromatic rings. The van der Waals surface area contributed by atoms with Crippen LogP contribution in [0, 0.1) is 0 Å². The number of allylic oxidation sites excluding steroid dienone is 1. The first-order valence-corrected chi connectivity index (χ1v) is 9.56. The fourth-order valence-corrected chi connectivity index (χ4v) is 3.56. The fraction of sp³-hybridized carbons (Fsp3) is 0.348. The number of benzene rings is 2. The van der Waals surface area contributed by atoms with Crippen LogP contribution < -0.4 is 10.1 Å². The molecule has 2 aromatic carbocycles. The lowest BCUT2D eigenvalue weighted by Crippen LogP contribution is -2.23. The van der Waals surface area contributed by atoms with Crippen molar-refractivity contribution >= 4 is 5.91 Å². The number of likely N-dealkylation sites (tertiary alicyclic amines) is 1. The number of hydrogen-bond donors (Lipinski definition) is 1. The molecule has 0 aromatic heterocycles. The molecule has 0 atom stereocenters. The number of carbonyl (C=O) groups excluding carboxylic acids is 1. The SMILES string of the molecule is C=CCc1cc(C(=O)NCc2cccc(CN3CCCC3)c2)ccc1OC. The maximum absolute atomic E-state index is 12.6. The highest BCUT2D eigenvalue weighted by Crippen LogP contribution is 2.21. The van der Waals surface area contributed by atoms with Crippen molar-refractivity contribution < 1.29 is 9.53 Å². The van der Waals surface area contributed by atoms with Crippen LogP contribution in [0.2, 0.25) is 0 Å². The molecular weight excluding hydrogens is 336 g/mol. The van der Waals surface area contributed by atoms with Crippen LogP contribution >= 0.6 is 0 Å². The molecule has 142 valence electrons. The Labute approximate surface area is 161 Å². The Bertz CT molecular complexity index is 795. The zero-order valence-corrected chi connectivity index (χ0v) is 16.0. The molecule has 3 rings (SSSR count). The zero-order chi connectivity index (χ0) is 19.1. The highest BCUT2D eigenvalue weighted by molar-refractivity contribution is 5.94. The normalized spacial score (nSPS) is 14.1. The smallest absolute Gasteiger partial charge is 0.251 e. The number of carbonyl (C=O) groups is 1. The van der Waals surface area contributed by atoms with Crippen molar-refractivity contribution in [2.45, 2.75) is 32.4 Å². The molecule has 0 aliphatic carbocycles. The van der Waals surface area contributed by atoms with Crippen molar-refractivity contribution in [2.24, 2.45) is 0 Å². The van der Waals surface area contributed by atoms with E-state index in [1.54, 1.807) is 13.2 Å². The molecule has 27 heavy (non-hydrogen) atoms. The largest absolute Gasteiger partial charge is 0.496 e. The van der Waals surface area contributed by atoms with Gasteiger partial charge in [-0.1, -0.05) is 30.3 Å². The standard InChI is InChI=1S/C23H28N2O2/c1-3-7-20-15-21(10-11-22(20)27-2)23(26)24-16-18-8-6-9-19(14-18)17-25-12-4-5-13-25/h3,6,8-11,14-15H,1,4-5,7,12-13,16-17H2,2H3,(H,24,26). The van der Waals surface area contributed by atoms with E-state index >= 15 is 0 Å². The average Bonchev–Trinajstić information content (AvgIpc) is 3.19. The maximum Gasteiger partial charge on any atom is 0.251 e. The Morgan fingerprint density at radius 3 is 2.70 bits per heavy atom. The van der Waals surface area contributed by atoms with E-state index in [0.717, 1.165) is 23.4 Å². The lowest BCUT2D eigenvalue weighted by Gasteiger charge is -2.15. The van der Waals surface area contributed by atoms with E-state index < -0.39 is 0 Å². The Morgan fingerprint density at radius 2 is 1.96 bits per heavy atom. The van der Waals surface area contributed by atoms with Gasteiger partial charge in [-0.15, -0.1) is 6.58 Å². The number of ether oxygens (including phenoxy) is 1. The summed E-state index contributed by atoms with van der Waals surface area (Å²) in [5, 5.41) is 3.02. The Balaban J connectivity index is 1.61. The maximum atomic E-state index is 12.6. The quantitative estimate of drug-likeness (QED) is 0.721. The molecule has 1 aliphatic heterocycles. The highest BCUT2D eigenvalue weighted by Gasteiger charge is 2.12. The first-order chi connectivity index (χ1) is 13.2.